The number of ether oxygens (including phenoxy) is 2. The first-order chi connectivity index (χ1) is 11.2. The van der Waals surface area contributed by atoms with E-state index in [2.05, 4.69) is 23.3 Å². The van der Waals surface area contributed by atoms with E-state index in [1.165, 1.54) is 5.56 Å². The number of aromatic nitrogens is 1. The largest absolute Gasteiger partial charge is 0.493 e. The minimum Gasteiger partial charge on any atom is -0.493 e. The zero-order valence-electron chi connectivity index (χ0n) is 13.7. The third-order valence-corrected chi connectivity index (χ3v) is 3.56. The predicted molar refractivity (Wildman–Crippen MR) is 89.9 cm³/mol. The van der Waals surface area contributed by atoms with Gasteiger partial charge in [-0.25, -0.2) is 4.98 Å². The van der Waals surface area contributed by atoms with Gasteiger partial charge in [-0.15, -0.1) is 0 Å². The lowest BCUT2D eigenvalue weighted by Gasteiger charge is -2.15. The van der Waals surface area contributed by atoms with E-state index in [0.29, 0.717) is 11.6 Å². The Balaban J connectivity index is 1.91. The van der Waals surface area contributed by atoms with Crippen LogP contribution >= 0.6 is 0 Å². The fraction of sp³-hybridized carbons (Fsp3) is 0.333. The molecule has 1 heterocycles. The molecule has 120 valence electrons. The summed E-state index contributed by atoms with van der Waals surface area (Å²) < 4.78 is 10.6. The first kappa shape index (κ1) is 16.6. The molecule has 2 aromatic rings. The Hall–Kier alpha value is -2.74. The van der Waals surface area contributed by atoms with E-state index in [0.717, 1.165) is 30.2 Å². The zero-order valence-corrected chi connectivity index (χ0v) is 13.7. The van der Waals surface area contributed by atoms with E-state index < -0.39 is 0 Å². The van der Waals surface area contributed by atoms with Crippen molar-refractivity contribution in [1.29, 1.82) is 5.26 Å². The minimum atomic E-state index is 0.425. The van der Waals surface area contributed by atoms with E-state index in [1.54, 1.807) is 26.5 Å². The molecule has 0 saturated heterocycles. The Morgan fingerprint density at radius 2 is 1.96 bits per heavy atom. The molecule has 0 radical (unpaired) electrons. The molecular formula is C18H21N3O2. The van der Waals surface area contributed by atoms with E-state index in [-0.39, 0.29) is 0 Å². The molecule has 0 saturated carbocycles. The molecule has 1 aromatic carbocycles. The molecule has 5 nitrogen and oxygen atoms in total. The van der Waals surface area contributed by atoms with Crippen LogP contribution in [-0.2, 0) is 6.42 Å². The molecule has 2 rings (SSSR count). The number of hydrogen-bond acceptors (Lipinski definition) is 5. The maximum absolute atomic E-state index is 8.74. The summed E-state index contributed by atoms with van der Waals surface area (Å²) in [6, 6.07) is 11.6. The summed E-state index contributed by atoms with van der Waals surface area (Å²) in [6.07, 6.45) is 2.61. The molecule has 0 spiro atoms. The van der Waals surface area contributed by atoms with Crippen LogP contribution in [0.15, 0.2) is 36.5 Å². The fourth-order valence-corrected chi connectivity index (χ4v) is 2.34. The van der Waals surface area contributed by atoms with Crippen molar-refractivity contribution in [1.82, 2.24) is 4.98 Å². The number of pyridine rings is 1. The first-order valence-corrected chi connectivity index (χ1v) is 7.47. The normalized spacial score (nSPS) is 11.4. The molecule has 0 bridgehead atoms. The third-order valence-electron chi connectivity index (χ3n) is 3.56. The number of anilines is 1. The van der Waals surface area contributed by atoms with Crippen LogP contribution in [0.25, 0.3) is 0 Å². The zero-order chi connectivity index (χ0) is 16.7. The van der Waals surface area contributed by atoms with Gasteiger partial charge in [-0.3, -0.25) is 0 Å². The molecule has 1 atom stereocenters. The summed E-state index contributed by atoms with van der Waals surface area (Å²) in [4.78, 5) is 4.05. The van der Waals surface area contributed by atoms with Gasteiger partial charge in [0.25, 0.3) is 0 Å². The van der Waals surface area contributed by atoms with Gasteiger partial charge in [0.1, 0.15) is 11.8 Å². The number of methoxy groups -OCH3 is 2. The summed E-state index contributed by atoms with van der Waals surface area (Å²) in [6.45, 7) is 3.00. The molecule has 0 aliphatic heterocycles. The molecule has 23 heavy (non-hydrogen) atoms. The summed E-state index contributed by atoms with van der Waals surface area (Å²) in [7, 11) is 3.28. The van der Waals surface area contributed by atoms with E-state index in [1.807, 2.05) is 24.3 Å². The molecule has 1 unspecified atom stereocenters. The van der Waals surface area contributed by atoms with Crippen LogP contribution in [0.4, 0.5) is 5.69 Å². The summed E-state index contributed by atoms with van der Waals surface area (Å²) in [5.74, 6) is 1.93. The Labute approximate surface area is 136 Å². The SMILES string of the molecule is COc1ccc(CC(C)CNc2ccc(C#N)nc2)cc1OC. The molecule has 0 fully saturated rings. The van der Waals surface area contributed by atoms with Crippen molar-refractivity contribution in [3.05, 3.63) is 47.8 Å². The number of nitrogens with zero attached hydrogens (tertiary/aromatic N) is 2. The highest BCUT2D eigenvalue weighted by Gasteiger charge is 2.08. The smallest absolute Gasteiger partial charge is 0.160 e. The van der Waals surface area contributed by atoms with Gasteiger partial charge < -0.3 is 14.8 Å². The van der Waals surface area contributed by atoms with E-state index in [4.69, 9.17) is 14.7 Å². The Morgan fingerprint density at radius 1 is 1.17 bits per heavy atom. The van der Waals surface area contributed by atoms with Gasteiger partial charge in [-0.2, -0.15) is 5.26 Å². The number of nitrogens with one attached hydrogen (secondary N) is 1. The van der Waals surface area contributed by atoms with E-state index >= 15 is 0 Å². The molecule has 0 amide bonds. The quantitative estimate of drug-likeness (QED) is 0.850. The lowest BCUT2D eigenvalue weighted by molar-refractivity contribution is 0.354. The maximum Gasteiger partial charge on any atom is 0.160 e. The van der Waals surface area contributed by atoms with Crippen molar-refractivity contribution >= 4 is 5.69 Å². The first-order valence-electron chi connectivity index (χ1n) is 7.47. The molecule has 1 N–H and O–H groups in total. The van der Waals surface area contributed by atoms with Crippen LogP contribution in [0, 0.1) is 17.2 Å². The lowest BCUT2D eigenvalue weighted by Crippen LogP contribution is -2.13. The van der Waals surface area contributed by atoms with Crippen molar-refractivity contribution in [3.63, 3.8) is 0 Å². The molecule has 0 aliphatic carbocycles. The van der Waals surface area contributed by atoms with Gasteiger partial charge in [-0.05, 0) is 42.2 Å². The highest BCUT2D eigenvalue weighted by Crippen LogP contribution is 2.28. The van der Waals surface area contributed by atoms with Crippen molar-refractivity contribution < 1.29 is 9.47 Å². The van der Waals surface area contributed by atoms with Crippen molar-refractivity contribution in [2.45, 2.75) is 13.3 Å². The molecule has 0 aliphatic rings. The number of benzene rings is 1. The molecule has 1 aromatic heterocycles. The van der Waals surface area contributed by atoms with Crippen molar-refractivity contribution in [2.24, 2.45) is 5.92 Å². The predicted octanol–water partition coefficient (Wildman–Crippen LogP) is 3.26. The van der Waals surface area contributed by atoms with Crippen LogP contribution in [-0.4, -0.2) is 25.7 Å². The van der Waals surface area contributed by atoms with Crippen LogP contribution in [0.3, 0.4) is 0 Å². The van der Waals surface area contributed by atoms with Gasteiger partial charge in [0.2, 0.25) is 0 Å². The van der Waals surface area contributed by atoms with Crippen LogP contribution in [0.2, 0.25) is 0 Å². The van der Waals surface area contributed by atoms with Crippen molar-refractivity contribution in [2.75, 3.05) is 26.1 Å². The van der Waals surface area contributed by atoms with E-state index in [9.17, 15) is 0 Å². The van der Waals surface area contributed by atoms with Crippen LogP contribution in [0.5, 0.6) is 11.5 Å². The number of rotatable bonds is 7. The van der Waals surface area contributed by atoms with Crippen molar-refractivity contribution in [3.8, 4) is 17.6 Å². The minimum absolute atomic E-state index is 0.425. The fourth-order valence-electron chi connectivity index (χ4n) is 2.34. The van der Waals surface area contributed by atoms with Gasteiger partial charge in [0, 0.05) is 6.54 Å². The average molecular weight is 311 g/mol. The van der Waals surface area contributed by atoms with Crippen LogP contribution < -0.4 is 14.8 Å². The van der Waals surface area contributed by atoms with Crippen LogP contribution in [0.1, 0.15) is 18.2 Å². The molecular weight excluding hydrogens is 290 g/mol. The maximum atomic E-state index is 8.74. The lowest BCUT2D eigenvalue weighted by atomic mass is 10.0. The second kappa shape index (κ2) is 8.04. The Bertz CT molecular complexity index is 678. The Morgan fingerprint density at radius 3 is 2.57 bits per heavy atom. The second-order valence-corrected chi connectivity index (χ2v) is 5.42. The van der Waals surface area contributed by atoms with Gasteiger partial charge in [0.05, 0.1) is 26.1 Å². The monoisotopic (exact) mass is 311 g/mol. The summed E-state index contributed by atoms with van der Waals surface area (Å²) >= 11 is 0. The van der Waals surface area contributed by atoms with Gasteiger partial charge in [0.15, 0.2) is 11.5 Å². The summed E-state index contributed by atoms with van der Waals surface area (Å²) in [5, 5.41) is 12.1. The van der Waals surface area contributed by atoms with Gasteiger partial charge >= 0.3 is 0 Å². The third kappa shape index (κ3) is 4.62. The molecule has 5 heteroatoms. The second-order valence-electron chi connectivity index (χ2n) is 5.42. The topological polar surface area (TPSA) is 67.2 Å². The standard InChI is InChI=1S/C18H21N3O2/c1-13(11-20-16-6-5-15(10-19)21-12-16)8-14-4-7-17(22-2)18(9-14)23-3/h4-7,9,12-13,20H,8,11H2,1-3H3. The Kier molecular flexibility index (Phi) is 5.81. The van der Waals surface area contributed by atoms with Gasteiger partial charge in [-0.1, -0.05) is 13.0 Å². The average Bonchev–Trinajstić information content (AvgIpc) is 2.60. The highest BCUT2D eigenvalue weighted by molar-refractivity contribution is 5.44. The summed E-state index contributed by atoms with van der Waals surface area (Å²) in [5.41, 5.74) is 2.55. The number of nitriles is 1. The number of hydrogen-bond donors (Lipinski definition) is 1. The highest BCUT2D eigenvalue weighted by atomic mass is 16.5.